The number of hydrogen-bond donors (Lipinski definition) is 1. The molecule has 1 aliphatic heterocycles. The summed E-state index contributed by atoms with van der Waals surface area (Å²) >= 11 is 0. The molecule has 10 heteroatoms. The van der Waals surface area contributed by atoms with E-state index in [2.05, 4.69) is 20.4 Å². The molecule has 2 fully saturated rings. The van der Waals surface area contributed by atoms with Crippen LogP contribution in [0.2, 0.25) is 0 Å². The molecule has 30 heavy (non-hydrogen) atoms. The summed E-state index contributed by atoms with van der Waals surface area (Å²) in [6.07, 6.45) is 2.23. The van der Waals surface area contributed by atoms with Crippen LogP contribution in [-0.4, -0.2) is 67.5 Å². The quantitative estimate of drug-likeness (QED) is 0.550. The van der Waals surface area contributed by atoms with Crippen molar-refractivity contribution in [1.82, 2.24) is 19.7 Å². The van der Waals surface area contributed by atoms with Gasteiger partial charge in [-0.05, 0) is 25.0 Å². The first kappa shape index (κ1) is 20.8. The van der Waals surface area contributed by atoms with Crippen LogP contribution in [0.15, 0.2) is 46.1 Å². The van der Waals surface area contributed by atoms with E-state index in [1.165, 1.54) is 16.6 Å². The van der Waals surface area contributed by atoms with Crippen LogP contribution in [0.5, 0.6) is 0 Å². The first-order chi connectivity index (χ1) is 14.5. The molecule has 1 aliphatic carbocycles. The van der Waals surface area contributed by atoms with Crippen LogP contribution in [0.25, 0.3) is 0 Å². The Bertz CT molecular complexity index is 988. The Morgan fingerprint density at radius 3 is 2.70 bits per heavy atom. The number of hydrogen-bond acceptors (Lipinski definition) is 5. The summed E-state index contributed by atoms with van der Waals surface area (Å²) in [5.74, 6) is 0.559. The van der Waals surface area contributed by atoms with Gasteiger partial charge < -0.3 is 14.7 Å². The van der Waals surface area contributed by atoms with Crippen molar-refractivity contribution in [3.05, 3.63) is 53.7 Å². The molecule has 162 valence electrons. The summed E-state index contributed by atoms with van der Waals surface area (Å²) in [4.78, 5) is 6.65. The van der Waals surface area contributed by atoms with E-state index in [1.807, 2.05) is 19.1 Å². The largest absolute Gasteiger partial charge is 0.364 e. The van der Waals surface area contributed by atoms with Gasteiger partial charge in [0.1, 0.15) is 17.8 Å². The van der Waals surface area contributed by atoms with E-state index >= 15 is 0 Å². The van der Waals surface area contributed by atoms with E-state index in [4.69, 9.17) is 4.52 Å². The van der Waals surface area contributed by atoms with Crippen LogP contribution in [0.1, 0.15) is 30.5 Å². The maximum absolute atomic E-state index is 14.0. The number of benzene rings is 1. The van der Waals surface area contributed by atoms with Crippen LogP contribution in [0.3, 0.4) is 0 Å². The van der Waals surface area contributed by atoms with Crippen LogP contribution >= 0.6 is 0 Å². The summed E-state index contributed by atoms with van der Waals surface area (Å²) in [5.41, 5.74) is 1.13. The van der Waals surface area contributed by atoms with Gasteiger partial charge in [0.25, 0.3) is 0 Å². The van der Waals surface area contributed by atoms with Gasteiger partial charge in [-0.2, -0.15) is 4.31 Å². The number of rotatable bonds is 6. The van der Waals surface area contributed by atoms with E-state index in [0.29, 0.717) is 38.4 Å². The monoisotopic (exact) mass is 435 g/mol. The zero-order valence-electron chi connectivity index (χ0n) is 16.9. The fourth-order valence-corrected chi connectivity index (χ4v) is 5.22. The molecular weight excluding hydrogens is 409 g/mol. The third-order valence-electron chi connectivity index (χ3n) is 5.47. The second kappa shape index (κ2) is 8.73. The van der Waals surface area contributed by atoms with Crippen molar-refractivity contribution in [2.24, 2.45) is 4.99 Å². The van der Waals surface area contributed by atoms with Crippen molar-refractivity contribution in [2.45, 2.75) is 31.1 Å². The molecule has 0 radical (unpaired) electrons. The Morgan fingerprint density at radius 1 is 1.27 bits per heavy atom. The van der Waals surface area contributed by atoms with Gasteiger partial charge in [0.2, 0.25) is 10.0 Å². The molecule has 1 aromatic heterocycles. The lowest BCUT2D eigenvalue weighted by Gasteiger charge is -2.36. The molecule has 2 aliphatic rings. The van der Waals surface area contributed by atoms with Gasteiger partial charge in [-0.25, -0.2) is 12.8 Å². The molecule has 1 aromatic carbocycles. The molecule has 1 saturated heterocycles. The number of guanidine groups is 1. The fraction of sp³-hybridized carbons (Fsp3) is 0.500. The molecule has 2 aromatic rings. The third-order valence-corrected chi connectivity index (χ3v) is 7.28. The molecule has 1 N–H and O–H groups in total. The van der Waals surface area contributed by atoms with Crippen molar-refractivity contribution in [2.75, 3.05) is 32.7 Å². The van der Waals surface area contributed by atoms with Crippen molar-refractivity contribution in [1.29, 1.82) is 0 Å². The zero-order valence-corrected chi connectivity index (χ0v) is 17.7. The SMILES string of the molecule is CCN=C(NC1CC1c1ccccc1F)N1CCN(S(=O)(=O)Cc2ccon2)CC1. The number of sulfonamides is 1. The summed E-state index contributed by atoms with van der Waals surface area (Å²) < 4.78 is 45.5. The molecule has 2 unspecified atom stereocenters. The molecule has 0 amide bonds. The Morgan fingerprint density at radius 2 is 2.03 bits per heavy atom. The van der Waals surface area contributed by atoms with Gasteiger partial charge >= 0.3 is 0 Å². The maximum Gasteiger partial charge on any atom is 0.220 e. The number of halogens is 1. The van der Waals surface area contributed by atoms with Crippen molar-refractivity contribution in [3.63, 3.8) is 0 Å². The summed E-state index contributed by atoms with van der Waals surface area (Å²) in [6.45, 7) is 4.42. The van der Waals surface area contributed by atoms with Gasteiger partial charge in [0.15, 0.2) is 5.96 Å². The van der Waals surface area contributed by atoms with Gasteiger partial charge in [-0.3, -0.25) is 4.99 Å². The average Bonchev–Trinajstić information content (AvgIpc) is 3.30. The Labute approximate surface area is 175 Å². The highest BCUT2D eigenvalue weighted by molar-refractivity contribution is 7.88. The van der Waals surface area contributed by atoms with Gasteiger partial charge in [0.05, 0.1) is 5.69 Å². The first-order valence-electron chi connectivity index (χ1n) is 10.2. The highest BCUT2D eigenvalue weighted by Crippen LogP contribution is 2.41. The summed E-state index contributed by atoms with van der Waals surface area (Å²) in [7, 11) is -3.45. The lowest BCUT2D eigenvalue weighted by molar-refractivity contribution is 0.259. The molecule has 1 saturated carbocycles. The lowest BCUT2D eigenvalue weighted by Crippen LogP contribution is -2.54. The van der Waals surface area contributed by atoms with Crippen molar-refractivity contribution >= 4 is 16.0 Å². The highest BCUT2D eigenvalue weighted by atomic mass is 32.2. The predicted octanol–water partition coefficient (Wildman–Crippen LogP) is 1.78. The van der Waals surface area contributed by atoms with Gasteiger partial charge in [-0.15, -0.1) is 0 Å². The average molecular weight is 436 g/mol. The molecule has 2 atom stereocenters. The molecule has 4 rings (SSSR count). The minimum absolute atomic E-state index is 0.136. The minimum atomic E-state index is -3.45. The number of aromatic nitrogens is 1. The Hall–Kier alpha value is -2.46. The third kappa shape index (κ3) is 4.65. The van der Waals surface area contributed by atoms with Crippen LogP contribution in [-0.2, 0) is 15.8 Å². The zero-order chi connectivity index (χ0) is 21.1. The standard InChI is InChI=1S/C20H26FN5O3S/c1-2-22-20(23-19-13-17(19)16-5-3-4-6-18(16)21)25-8-10-26(11-9-25)30(27,28)14-15-7-12-29-24-15/h3-7,12,17,19H,2,8-11,13-14H2,1H3,(H,22,23). The summed E-state index contributed by atoms with van der Waals surface area (Å²) in [5, 5.41) is 7.14. The smallest absolute Gasteiger partial charge is 0.220 e. The predicted molar refractivity (Wildman–Crippen MR) is 111 cm³/mol. The number of aliphatic imine (C=N–C) groups is 1. The van der Waals surface area contributed by atoms with Gasteiger partial charge in [0, 0.05) is 50.7 Å². The number of nitrogens with one attached hydrogen (secondary N) is 1. The van der Waals surface area contributed by atoms with Crippen LogP contribution < -0.4 is 5.32 Å². The van der Waals surface area contributed by atoms with Crippen LogP contribution in [0.4, 0.5) is 4.39 Å². The van der Waals surface area contributed by atoms with E-state index in [1.54, 1.807) is 12.1 Å². The van der Waals surface area contributed by atoms with E-state index in [-0.39, 0.29) is 23.5 Å². The lowest BCUT2D eigenvalue weighted by atomic mass is 10.1. The molecule has 8 nitrogen and oxygen atoms in total. The second-order valence-corrected chi connectivity index (χ2v) is 9.51. The molecule has 0 spiro atoms. The molecule has 2 heterocycles. The first-order valence-corrected chi connectivity index (χ1v) is 11.8. The Balaban J connectivity index is 1.34. The van der Waals surface area contributed by atoms with E-state index < -0.39 is 10.0 Å². The summed E-state index contributed by atoms with van der Waals surface area (Å²) in [6, 6.07) is 8.57. The number of piperazine rings is 1. The normalized spacial score (nSPS) is 22.9. The van der Waals surface area contributed by atoms with Crippen molar-refractivity contribution < 1.29 is 17.3 Å². The fourth-order valence-electron chi connectivity index (χ4n) is 3.79. The van der Waals surface area contributed by atoms with E-state index in [9.17, 15) is 12.8 Å². The highest BCUT2D eigenvalue weighted by Gasteiger charge is 2.41. The second-order valence-electron chi connectivity index (χ2n) is 7.55. The minimum Gasteiger partial charge on any atom is -0.364 e. The van der Waals surface area contributed by atoms with Gasteiger partial charge in [-0.1, -0.05) is 23.4 Å². The topological polar surface area (TPSA) is 91.0 Å². The van der Waals surface area contributed by atoms with Crippen LogP contribution in [0, 0.1) is 5.82 Å². The van der Waals surface area contributed by atoms with E-state index in [0.717, 1.165) is 17.9 Å². The maximum atomic E-state index is 14.0. The molecular formula is C20H26FN5O3S. The molecule has 0 bridgehead atoms. The number of nitrogens with zero attached hydrogens (tertiary/aromatic N) is 4. The Kier molecular flexibility index (Phi) is 6.05. The van der Waals surface area contributed by atoms with Crippen molar-refractivity contribution in [3.8, 4) is 0 Å².